The maximum absolute atomic E-state index is 11.7. The number of aliphatic hydroxyl groups is 1. The number of carbonyl (C=O) groups is 1. The summed E-state index contributed by atoms with van der Waals surface area (Å²) in [6, 6.07) is 0. The fraction of sp³-hybridized carbons (Fsp3) is 0.571. The molecule has 0 saturated carbocycles. The van der Waals surface area contributed by atoms with Crippen LogP contribution in [0.1, 0.15) is 16.2 Å². The van der Waals surface area contributed by atoms with Crippen molar-refractivity contribution in [2.45, 2.75) is 12.5 Å². The number of aliphatic hydroxyl groups excluding tert-OH is 1. The number of carbonyl (C=O) groups excluding carboxylic acids is 1. The van der Waals surface area contributed by atoms with Crippen LogP contribution in [0.2, 0.25) is 4.47 Å². The standard InChI is InChI=1S/C7H8ClN3O2S/c8-7-10-9-5(14-7)6(13)11-2-1-4(12)3-11/h4,12H,1-3H2/t4-/m1/s1. The molecule has 1 N–H and O–H groups in total. The van der Waals surface area contributed by atoms with Gasteiger partial charge in [0, 0.05) is 13.1 Å². The smallest absolute Gasteiger partial charge is 0.284 e. The predicted molar refractivity (Wildman–Crippen MR) is 51.4 cm³/mol. The van der Waals surface area contributed by atoms with Gasteiger partial charge >= 0.3 is 0 Å². The van der Waals surface area contributed by atoms with E-state index in [1.807, 2.05) is 0 Å². The first kappa shape index (κ1) is 9.82. The second kappa shape index (κ2) is 3.80. The molecule has 0 bridgehead atoms. The Hall–Kier alpha value is -0.720. The van der Waals surface area contributed by atoms with E-state index in [1.54, 1.807) is 4.90 Å². The van der Waals surface area contributed by atoms with Crippen molar-refractivity contribution < 1.29 is 9.90 Å². The maximum atomic E-state index is 11.7. The summed E-state index contributed by atoms with van der Waals surface area (Å²) < 4.78 is 0.257. The summed E-state index contributed by atoms with van der Waals surface area (Å²) in [7, 11) is 0. The zero-order chi connectivity index (χ0) is 10.1. The van der Waals surface area contributed by atoms with Gasteiger partial charge in [-0.2, -0.15) is 0 Å². The minimum Gasteiger partial charge on any atom is -0.391 e. The van der Waals surface area contributed by atoms with Crippen molar-refractivity contribution in [3.8, 4) is 0 Å². The van der Waals surface area contributed by atoms with E-state index in [1.165, 1.54) is 0 Å². The van der Waals surface area contributed by atoms with Crippen LogP contribution in [-0.2, 0) is 0 Å². The summed E-state index contributed by atoms with van der Waals surface area (Å²) in [5.41, 5.74) is 0. The molecule has 0 radical (unpaired) electrons. The summed E-state index contributed by atoms with van der Waals surface area (Å²) in [6.45, 7) is 0.938. The Bertz CT molecular complexity index is 356. The minimum atomic E-state index is -0.414. The largest absolute Gasteiger partial charge is 0.391 e. The van der Waals surface area contributed by atoms with E-state index in [0.29, 0.717) is 19.5 Å². The van der Waals surface area contributed by atoms with Gasteiger partial charge in [0.1, 0.15) is 0 Å². The van der Waals surface area contributed by atoms with Gasteiger partial charge in [-0.3, -0.25) is 4.79 Å². The van der Waals surface area contributed by atoms with Crippen LogP contribution in [0.4, 0.5) is 0 Å². The Morgan fingerprint density at radius 2 is 2.43 bits per heavy atom. The molecular weight excluding hydrogens is 226 g/mol. The average molecular weight is 234 g/mol. The van der Waals surface area contributed by atoms with E-state index < -0.39 is 6.10 Å². The van der Waals surface area contributed by atoms with Crippen molar-refractivity contribution in [3.05, 3.63) is 9.47 Å². The van der Waals surface area contributed by atoms with Gasteiger partial charge < -0.3 is 10.0 Å². The number of amides is 1. The van der Waals surface area contributed by atoms with Crippen LogP contribution in [0.5, 0.6) is 0 Å². The average Bonchev–Trinajstić information content (AvgIpc) is 2.73. The fourth-order valence-corrected chi connectivity index (χ4v) is 2.15. The normalized spacial score (nSPS) is 21.6. The highest BCUT2D eigenvalue weighted by atomic mass is 35.5. The maximum Gasteiger partial charge on any atom is 0.284 e. The molecule has 0 aliphatic carbocycles. The van der Waals surface area contributed by atoms with E-state index in [-0.39, 0.29) is 15.4 Å². The number of nitrogens with zero attached hydrogens (tertiary/aromatic N) is 3. The molecular formula is C7H8ClN3O2S. The van der Waals surface area contributed by atoms with Crippen LogP contribution in [0.3, 0.4) is 0 Å². The summed E-state index contributed by atoms with van der Waals surface area (Å²) in [6.07, 6.45) is 0.209. The molecule has 5 nitrogen and oxygen atoms in total. The third-order valence-corrected chi connectivity index (χ3v) is 3.04. The number of halogens is 1. The minimum absolute atomic E-state index is 0.203. The number of likely N-dealkylation sites (tertiary alicyclic amines) is 1. The Morgan fingerprint density at radius 1 is 1.64 bits per heavy atom. The zero-order valence-corrected chi connectivity index (χ0v) is 8.75. The van der Waals surface area contributed by atoms with E-state index in [9.17, 15) is 9.90 Å². The number of β-amino-alcohol motifs (C(OH)–C–C–N with tert-alkyl or cyclic N) is 1. The lowest BCUT2D eigenvalue weighted by Gasteiger charge is -2.12. The lowest BCUT2D eigenvalue weighted by atomic mass is 10.3. The third kappa shape index (κ3) is 1.87. The van der Waals surface area contributed by atoms with Crippen LogP contribution in [0.25, 0.3) is 0 Å². The van der Waals surface area contributed by atoms with E-state index in [0.717, 1.165) is 11.3 Å². The van der Waals surface area contributed by atoms with Crippen LogP contribution >= 0.6 is 22.9 Å². The SMILES string of the molecule is O=C(c1nnc(Cl)s1)N1CC[C@@H](O)C1. The van der Waals surface area contributed by atoms with Gasteiger partial charge in [-0.25, -0.2) is 0 Å². The molecule has 2 heterocycles. The number of aromatic nitrogens is 2. The van der Waals surface area contributed by atoms with E-state index in [2.05, 4.69) is 10.2 Å². The van der Waals surface area contributed by atoms with Crippen LogP contribution in [0.15, 0.2) is 0 Å². The first-order valence-electron chi connectivity index (χ1n) is 4.13. The summed E-state index contributed by atoms with van der Waals surface area (Å²) in [5.74, 6) is -0.203. The molecule has 14 heavy (non-hydrogen) atoms. The molecule has 1 aliphatic rings. The molecule has 1 saturated heterocycles. The molecule has 1 atom stereocenters. The monoisotopic (exact) mass is 233 g/mol. The zero-order valence-electron chi connectivity index (χ0n) is 7.18. The van der Waals surface area contributed by atoms with Crippen LogP contribution in [-0.4, -0.2) is 45.3 Å². The molecule has 0 aromatic carbocycles. The Morgan fingerprint density at radius 3 is 2.93 bits per heavy atom. The number of hydrogen-bond acceptors (Lipinski definition) is 5. The first-order valence-corrected chi connectivity index (χ1v) is 5.32. The lowest BCUT2D eigenvalue weighted by molar-refractivity contribution is 0.0764. The van der Waals surface area contributed by atoms with Crippen molar-refractivity contribution in [2.75, 3.05) is 13.1 Å². The molecule has 1 aromatic rings. The molecule has 0 unspecified atom stereocenters. The van der Waals surface area contributed by atoms with Gasteiger partial charge in [0.15, 0.2) is 0 Å². The third-order valence-electron chi connectivity index (χ3n) is 2.03. The van der Waals surface area contributed by atoms with Crippen molar-refractivity contribution in [3.63, 3.8) is 0 Å². The van der Waals surface area contributed by atoms with Crippen LogP contribution < -0.4 is 0 Å². The quantitative estimate of drug-likeness (QED) is 0.763. The van der Waals surface area contributed by atoms with Gasteiger partial charge in [0.05, 0.1) is 6.10 Å². The summed E-state index contributed by atoms with van der Waals surface area (Å²) >= 11 is 6.62. The van der Waals surface area contributed by atoms with Gasteiger partial charge in [0.2, 0.25) is 9.47 Å². The van der Waals surface area contributed by atoms with Crippen molar-refractivity contribution >= 4 is 28.8 Å². The Balaban J connectivity index is 2.09. The highest BCUT2D eigenvalue weighted by Gasteiger charge is 2.27. The molecule has 1 aliphatic heterocycles. The van der Waals surface area contributed by atoms with Gasteiger partial charge in [0.25, 0.3) is 5.91 Å². The van der Waals surface area contributed by atoms with Gasteiger partial charge in [-0.05, 0) is 18.0 Å². The first-order chi connectivity index (χ1) is 6.66. The highest BCUT2D eigenvalue weighted by Crippen LogP contribution is 2.19. The van der Waals surface area contributed by atoms with Crippen molar-refractivity contribution in [1.82, 2.24) is 15.1 Å². The van der Waals surface area contributed by atoms with E-state index >= 15 is 0 Å². The highest BCUT2D eigenvalue weighted by molar-refractivity contribution is 7.17. The number of rotatable bonds is 1. The predicted octanol–water partition coefficient (Wildman–Crippen LogP) is 0.398. The van der Waals surface area contributed by atoms with Gasteiger partial charge in [-0.15, -0.1) is 10.2 Å². The second-order valence-corrected chi connectivity index (χ2v) is 4.61. The lowest BCUT2D eigenvalue weighted by Crippen LogP contribution is -2.29. The van der Waals surface area contributed by atoms with Crippen LogP contribution in [0, 0.1) is 0 Å². The second-order valence-electron chi connectivity index (χ2n) is 3.05. The molecule has 1 fully saturated rings. The molecule has 76 valence electrons. The summed E-state index contributed by atoms with van der Waals surface area (Å²) in [4.78, 5) is 13.2. The number of hydrogen-bond donors (Lipinski definition) is 1. The summed E-state index contributed by atoms with van der Waals surface area (Å²) in [5, 5.41) is 16.7. The Kier molecular flexibility index (Phi) is 2.66. The topological polar surface area (TPSA) is 66.3 Å². The fourth-order valence-electron chi connectivity index (χ4n) is 1.35. The van der Waals surface area contributed by atoms with Crippen molar-refractivity contribution in [1.29, 1.82) is 0 Å². The Labute approximate surface area is 89.3 Å². The molecule has 1 aromatic heterocycles. The van der Waals surface area contributed by atoms with Gasteiger partial charge in [-0.1, -0.05) is 11.3 Å². The van der Waals surface area contributed by atoms with Crippen molar-refractivity contribution in [2.24, 2.45) is 0 Å². The molecule has 1 amide bonds. The van der Waals surface area contributed by atoms with E-state index in [4.69, 9.17) is 11.6 Å². The molecule has 7 heteroatoms. The molecule has 2 rings (SSSR count). The molecule has 0 spiro atoms.